The SMILES string of the molecule is COC1([C@@H](C)N)CC1. The van der Waals surface area contributed by atoms with Crippen molar-refractivity contribution in [1.82, 2.24) is 0 Å². The van der Waals surface area contributed by atoms with E-state index >= 15 is 0 Å². The maximum absolute atomic E-state index is 5.62. The molecule has 0 heterocycles. The zero-order chi connectivity index (χ0) is 6.20. The molecule has 0 aliphatic heterocycles. The lowest BCUT2D eigenvalue weighted by Crippen LogP contribution is -2.34. The molecule has 0 spiro atoms. The van der Waals surface area contributed by atoms with E-state index in [0.29, 0.717) is 0 Å². The highest BCUT2D eigenvalue weighted by Gasteiger charge is 2.46. The Hall–Kier alpha value is -0.0800. The van der Waals surface area contributed by atoms with Crippen molar-refractivity contribution in [1.29, 1.82) is 0 Å². The Morgan fingerprint density at radius 1 is 1.62 bits per heavy atom. The highest BCUT2D eigenvalue weighted by atomic mass is 16.5. The van der Waals surface area contributed by atoms with Crippen LogP contribution < -0.4 is 5.73 Å². The third-order valence-electron chi connectivity index (χ3n) is 1.98. The molecule has 1 saturated carbocycles. The van der Waals surface area contributed by atoms with Gasteiger partial charge >= 0.3 is 0 Å². The lowest BCUT2D eigenvalue weighted by atomic mass is 10.2. The van der Waals surface area contributed by atoms with Gasteiger partial charge in [0.2, 0.25) is 0 Å². The van der Waals surface area contributed by atoms with Gasteiger partial charge in [-0.25, -0.2) is 0 Å². The molecular formula is C6H13NO. The summed E-state index contributed by atoms with van der Waals surface area (Å²) in [6.45, 7) is 2.00. The Bertz CT molecular complexity index is 86.5. The van der Waals surface area contributed by atoms with Gasteiger partial charge in [0.05, 0.1) is 5.60 Å². The van der Waals surface area contributed by atoms with Crippen LogP contribution in [0.2, 0.25) is 0 Å². The van der Waals surface area contributed by atoms with Crippen molar-refractivity contribution in [2.24, 2.45) is 5.73 Å². The number of methoxy groups -OCH3 is 1. The molecule has 0 bridgehead atoms. The van der Waals surface area contributed by atoms with E-state index in [1.54, 1.807) is 7.11 Å². The van der Waals surface area contributed by atoms with E-state index in [2.05, 4.69) is 0 Å². The number of ether oxygens (including phenoxy) is 1. The Morgan fingerprint density at radius 3 is 2.12 bits per heavy atom. The summed E-state index contributed by atoms with van der Waals surface area (Å²) in [5, 5.41) is 0. The molecule has 0 aromatic rings. The molecule has 1 aliphatic rings. The molecule has 2 heteroatoms. The van der Waals surface area contributed by atoms with Crippen molar-refractivity contribution in [2.45, 2.75) is 31.4 Å². The van der Waals surface area contributed by atoms with Crippen molar-refractivity contribution in [3.8, 4) is 0 Å². The predicted octanol–water partition coefficient (Wildman–Crippen LogP) is 0.513. The molecule has 2 N–H and O–H groups in total. The van der Waals surface area contributed by atoms with Crippen molar-refractivity contribution >= 4 is 0 Å². The summed E-state index contributed by atoms with van der Waals surface area (Å²) in [4.78, 5) is 0. The van der Waals surface area contributed by atoms with Gasteiger partial charge in [0.15, 0.2) is 0 Å². The molecule has 48 valence electrons. The topological polar surface area (TPSA) is 35.2 Å². The maximum atomic E-state index is 5.62. The van der Waals surface area contributed by atoms with Crippen molar-refractivity contribution in [3.05, 3.63) is 0 Å². The van der Waals surface area contributed by atoms with Crippen LogP contribution in [-0.2, 0) is 4.74 Å². The molecule has 1 fully saturated rings. The van der Waals surface area contributed by atoms with Gasteiger partial charge in [-0.15, -0.1) is 0 Å². The van der Waals surface area contributed by atoms with Crippen molar-refractivity contribution in [2.75, 3.05) is 7.11 Å². The Kier molecular flexibility index (Phi) is 1.29. The van der Waals surface area contributed by atoms with Gasteiger partial charge in [0, 0.05) is 13.2 Å². The van der Waals surface area contributed by atoms with Crippen LogP contribution in [0.5, 0.6) is 0 Å². The average Bonchev–Trinajstić information content (AvgIpc) is 2.44. The smallest absolute Gasteiger partial charge is 0.0828 e. The second-order valence-electron chi connectivity index (χ2n) is 2.56. The van der Waals surface area contributed by atoms with Crippen LogP contribution >= 0.6 is 0 Å². The second-order valence-corrected chi connectivity index (χ2v) is 2.56. The molecule has 0 aromatic heterocycles. The monoisotopic (exact) mass is 115 g/mol. The lowest BCUT2D eigenvalue weighted by molar-refractivity contribution is 0.0625. The predicted molar refractivity (Wildman–Crippen MR) is 32.6 cm³/mol. The number of hydrogen-bond acceptors (Lipinski definition) is 2. The summed E-state index contributed by atoms with van der Waals surface area (Å²) in [7, 11) is 1.73. The van der Waals surface area contributed by atoms with E-state index in [9.17, 15) is 0 Å². The molecule has 0 saturated heterocycles. The number of nitrogens with two attached hydrogens (primary N) is 1. The first kappa shape index (κ1) is 6.05. The van der Waals surface area contributed by atoms with Gasteiger partial charge in [-0.2, -0.15) is 0 Å². The fourth-order valence-corrected chi connectivity index (χ4v) is 0.969. The summed E-state index contributed by atoms with van der Waals surface area (Å²) < 4.78 is 5.19. The first-order chi connectivity index (χ1) is 3.71. The van der Waals surface area contributed by atoms with Crippen LogP contribution in [0.3, 0.4) is 0 Å². The van der Waals surface area contributed by atoms with Crippen LogP contribution in [-0.4, -0.2) is 18.8 Å². The first-order valence-electron chi connectivity index (χ1n) is 3.02. The van der Waals surface area contributed by atoms with Crippen molar-refractivity contribution < 1.29 is 4.74 Å². The average molecular weight is 115 g/mol. The zero-order valence-corrected chi connectivity index (χ0v) is 5.48. The Labute approximate surface area is 50.0 Å². The van der Waals surface area contributed by atoms with Gasteiger partial charge in [0.1, 0.15) is 0 Å². The number of rotatable bonds is 2. The molecule has 1 atom stereocenters. The molecular weight excluding hydrogens is 102 g/mol. The van der Waals surface area contributed by atoms with Gasteiger partial charge < -0.3 is 10.5 Å². The first-order valence-corrected chi connectivity index (χ1v) is 3.02. The minimum atomic E-state index is 0.0694. The van der Waals surface area contributed by atoms with Crippen LogP contribution in [0.4, 0.5) is 0 Å². The van der Waals surface area contributed by atoms with E-state index in [0.717, 1.165) is 12.8 Å². The van der Waals surface area contributed by atoms with E-state index in [1.807, 2.05) is 6.92 Å². The van der Waals surface area contributed by atoms with Gasteiger partial charge in [-0.3, -0.25) is 0 Å². The highest BCUT2D eigenvalue weighted by molar-refractivity contribution is 5.01. The lowest BCUT2D eigenvalue weighted by Gasteiger charge is -2.16. The normalized spacial score (nSPS) is 27.4. The summed E-state index contributed by atoms with van der Waals surface area (Å²) >= 11 is 0. The Morgan fingerprint density at radius 2 is 2.12 bits per heavy atom. The fraction of sp³-hybridized carbons (Fsp3) is 1.00. The molecule has 2 nitrogen and oxygen atoms in total. The molecule has 1 aliphatic carbocycles. The zero-order valence-electron chi connectivity index (χ0n) is 5.48. The summed E-state index contributed by atoms with van der Waals surface area (Å²) in [6, 6.07) is 0.201. The van der Waals surface area contributed by atoms with Crippen molar-refractivity contribution in [3.63, 3.8) is 0 Å². The largest absolute Gasteiger partial charge is 0.377 e. The molecule has 0 radical (unpaired) electrons. The van der Waals surface area contributed by atoms with Crippen LogP contribution in [0.25, 0.3) is 0 Å². The van der Waals surface area contributed by atoms with Crippen LogP contribution in [0, 0.1) is 0 Å². The molecule has 1 rings (SSSR count). The minimum absolute atomic E-state index is 0.0694. The standard InChI is InChI=1S/C6H13NO/c1-5(7)6(8-2)3-4-6/h5H,3-4,7H2,1-2H3/t5-/m1/s1. The quantitative estimate of drug-likeness (QED) is 0.569. The van der Waals surface area contributed by atoms with Gasteiger partial charge in [-0.05, 0) is 19.8 Å². The highest BCUT2D eigenvalue weighted by Crippen LogP contribution is 2.40. The summed E-state index contributed by atoms with van der Waals surface area (Å²) in [6.07, 6.45) is 2.28. The third-order valence-corrected chi connectivity index (χ3v) is 1.98. The molecule has 8 heavy (non-hydrogen) atoms. The van der Waals surface area contributed by atoms with E-state index in [4.69, 9.17) is 10.5 Å². The van der Waals surface area contributed by atoms with Crippen LogP contribution in [0.1, 0.15) is 19.8 Å². The molecule has 0 amide bonds. The second kappa shape index (κ2) is 1.71. The van der Waals surface area contributed by atoms with Crippen LogP contribution in [0.15, 0.2) is 0 Å². The summed E-state index contributed by atoms with van der Waals surface area (Å²) in [5.41, 5.74) is 5.69. The third kappa shape index (κ3) is 0.740. The molecule has 0 unspecified atom stereocenters. The summed E-state index contributed by atoms with van der Waals surface area (Å²) in [5.74, 6) is 0. The Balaban J connectivity index is 2.41. The maximum Gasteiger partial charge on any atom is 0.0828 e. The molecule has 0 aromatic carbocycles. The number of hydrogen-bond donors (Lipinski definition) is 1. The minimum Gasteiger partial charge on any atom is -0.377 e. The van der Waals surface area contributed by atoms with E-state index < -0.39 is 0 Å². The van der Waals surface area contributed by atoms with E-state index in [-0.39, 0.29) is 11.6 Å². The van der Waals surface area contributed by atoms with Gasteiger partial charge in [-0.1, -0.05) is 0 Å². The van der Waals surface area contributed by atoms with E-state index in [1.165, 1.54) is 0 Å². The fourth-order valence-electron chi connectivity index (χ4n) is 0.969. The van der Waals surface area contributed by atoms with Gasteiger partial charge in [0.25, 0.3) is 0 Å².